The Bertz CT molecular complexity index is 607. The fourth-order valence-electron chi connectivity index (χ4n) is 2.33. The molecule has 0 aromatic carbocycles. The molecular formula is C13H15N5O. The van der Waals surface area contributed by atoms with Crippen LogP contribution in [0.5, 0.6) is 0 Å². The molecule has 1 N–H and O–H groups in total. The zero-order valence-corrected chi connectivity index (χ0v) is 10.7. The predicted octanol–water partition coefficient (Wildman–Crippen LogP) is 0.726. The Morgan fingerprint density at radius 3 is 3.16 bits per heavy atom. The molecule has 0 bridgehead atoms. The largest absolute Gasteiger partial charge is 0.346 e. The SMILES string of the molecule is Cc1nccc(C(=O)NC2CCc3nccn3C2)n1. The number of hydrogen-bond donors (Lipinski definition) is 1. The maximum atomic E-state index is 12.1. The second-order valence-electron chi connectivity index (χ2n) is 4.69. The topological polar surface area (TPSA) is 72.7 Å². The number of aromatic nitrogens is 4. The lowest BCUT2D eigenvalue weighted by Gasteiger charge is -2.24. The van der Waals surface area contributed by atoms with E-state index in [0.29, 0.717) is 11.5 Å². The Hall–Kier alpha value is -2.24. The van der Waals surface area contributed by atoms with Crippen molar-refractivity contribution in [3.63, 3.8) is 0 Å². The van der Waals surface area contributed by atoms with Crippen molar-refractivity contribution in [2.24, 2.45) is 0 Å². The molecule has 0 saturated heterocycles. The summed E-state index contributed by atoms with van der Waals surface area (Å²) in [4.78, 5) is 24.5. The molecular weight excluding hydrogens is 242 g/mol. The quantitative estimate of drug-likeness (QED) is 0.860. The first-order chi connectivity index (χ1) is 9.22. The zero-order chi connectivity index (χ0) is 13.2. The minimum Gasteiger partial charge on any atom is -0.346 e. The highest BCUT2D eigenvalue weighted by molar-refractivity contribution is 5.92. The lowest BCUT2D eigenvalue weighted by atomic mass is 10.1. The van der Waals surface area contributed by atoms with Crippen LogP contribution in [0.4, 0.5) is 0 Å². The molecule has 1 amide bonds. The van der Waals surface area contributed by atoms with Crippen molar-refractivity contribution in [2.45, 2.75) is 32.4 Å². The third kappa shape index (κ3) is 2.47. The van der Waals surface area contributed by atoms with Crippen LogP contribution in [0.25, 0.3) is 0 Å². The summed E-state index contributed by atoms with van der Waals surface area (Å²) < 4.78 is 2.08. The van der Waals surface area contributed by atoms with Gasteiger partial charge in [-0.1, -0.05) is 0 Å². The van der Waals surface area contributed by atoms with Gasteiger partial charge in [0, 0.05) is 37.6 Å². The van der Waals surface area contributed by atoms with Gasteiger partial charge in [-0.3, -0.25) is 4.79 Å². The summed E-state index contributed by atoms with van der Waals surface area (Å²) in [6, 6.07) is 1.76. The van der Waals surface area contributed by atoms with E-state index in [1.54, 1.807) is 25.4 Å². The number of carbonyl (C=O) groups excluding carboxylic acids is 1. The summed E-state index contributed by atoms with van der Waals surface area (Å²) in [5, 5.41) is 3.02. The van der Waals surface area contributed by atoms with Crippen molar-refractivity contribution >= 4 is 5.91 Å². The summed E-state index contributed by atoms with van der Waals surface area (Å²) in [7, 11) is 0. The molecule has 2 aromatic rings. The number of nitrogens with one attached hydrogen (secondary N) is 1. The third-order valence-electron chi connectivity index (χ3n) is 3.28. The van der Waals surface area contributed by atoms with Crippen LogP contribution >= 0.6 is 0 Å². The van der Waals surface area contributed by atoms with Crippen LogP contribution in [0, 0.1) is 6.92 Å². The number of fused-ring (bicyclic) bond motifs is 1. The first-order valence-corrected chi connectivity index (χ1v) is 6.33. The normalized spacial score (nSPS) is 17.8. The second kappa shape index (κ2) is 4.79. The molecule has 0 saturated carbocycles. The molecule has 0 radical (unpaired) electrons. The van der Waals surface area contributed by atoms with Gasteiger partial charge in [0.05, 0.1) is 0 Å². The molecule has 19 heavy (non-hydrogen) atoms. The van der Waals surface area contributed by atoms with Crippen molar-refractivity contribution in [1.29, 1.82) is 0 Å². The first kappa shape index (κ1) is 11.8. The van der Waals surface area contributed by atoms with E-state index in [1.165, 1.54) is 0 Å². The maximum absolute atomic E-state index is 12.1. The molecule has 98 valence electrons. The van der Waals surface area contributed by atoms with Crippen LogP contribution in [0.2, 0.25) is 0 Å². The molecule has 2 aromatic heterocycles. The highest BCUT2D eigenvalue weighted by atomic mass is 16.1. The van der Waals surface area contributed by atoms with E-state index in [2.05, 4.69) is 24.8 Å². The third-order valence-corrected chi connectivity index (χ3v) is 3.28. The molecule has 0 aliphatic carbocycles. The highest BCUT2D eigenvalue weighted by Crippen LogP contribution is 2.13. The van der Waals surface area contributed by atoms with Gasteiger partial charge in [0.2, 0.25) is 0 Å². The smallest absolute Gasteiger partial charge is 0.270 e. The van der Waals surface area contributed by atoms with Gasteiger partial charge in [-0.25, -0.2) is 15.0 Å². The molecule has 1 unspecified atom stereocenters. The Kier molecular flexibility index (Phi) is 2.98. The lowest BCUT2D eigenvalue weighted by Crippen LogP contribution is -2.41. The number of aryl methyl sites for hydroxylation is 2. The van der Waals surface area contributed by atoms with Gasteiger partial charge in [-0.15, -0.1) is 0 Å². The molecule has 3 heterocycles. The lowest BCUT2D eigenvalue weighted by molar-refractivity contribution is 0.0922. The number of hydrogen-bond acceptors (Lipinski definition) is 4. The van der Waals surface area contributed by atoms with E-state index in [4.69, 9.17) is 0 Å². The minimum atomic E-state index is -0.140. The minimum absolute atomic E-state index is 0.129. The van der Waals surface area contributed by atoms with Crippen molar-refractivity contribution in [1.82, 2.24) is 24.8 Å². The summed E-state index contributed by atoms with van der Waals surface area (Å²) in [5.41, 5.74) is 0.420. The average Bonchev–Trinajstić information content (AvgIpc) is 2.86. The molecule has 1 aliphatic rings. The van der Waals surface area contributed by atoms with Crippen LogP contribution < -0.4 is 5.32 Å². The maximum Gasteiger partial charge on any atom is 0.270 e. The standard InChI is InChI=1S/C13H15N5O/c1-9-14-5-4-11(16-9)13(19)17-10-2-3-12-15-6-7-18(12)8-10/h4-7,10H,2-3,8H2,1H3,(H,17,19). The number of carbonyl (C=O) groups is 1. The number of nitrogens with zero attached hydrogens (tertiary/aromatic N) is 4. The van der Waals surface area contributed by atoms with E-state index >= 15 is 0 Å². The molecule has 1 aliphatic heterocycles. The number of imidazole rings is 1. The summed E-state index contributed by atoms with van der Waals surface area (Å²) >= 11 is 0. The summed E-state index contributed by atoms with van der Waals surface area (Å²) in [6.07, 6.45) is 7.15. The average molecular weight is 257 g/mol. The molecule has 6 heteroatoms. The first-order valence-electron chi connectivity index (χ1n) is 6.33. The Morgan fingerprint density at radius 1 is 1.42 bits per heavy atom. The van der Waals surface area contributed by atoms with Gasteiger partial charge < -0.3 is 9.88 Å². The summed E-state index contributed by atoms with van der Waals surface area (Å²) in [5.74, 6) is 1.55. The van der Waals surface area contributed by atoms with Crippen molar-refractivity contribution in [3.05, 3.63) is 42.0 Å². The fraction of sp³-hybridized carbons (Fsp3) is 0.385. The fourth-order valence-corrected chi connectivity index (χ4v) is 2.33. The van der Waals surface area contributed by atoms with Crippen LogP contribution in [0.15, 0.2) is 24.7 Å². The van der Waals surface area contributed by atoms with Gasteiger partial charge in [-0.05, 0) is 19.4 Å². The van der Waals surface area contributed by atoms with Crippen molar-refractivity contribution in [2.75, 3.05) is 0 Å². The van der Waals surface area contributed by atoms with Gasteiger partial charge in [0.1, 0.15) is 17.3 Å². The van der Waals surface area contributed by atoms with Crippen LogP contribution in [0.3, 0.4) is 0 Å². The van der Waals surface area contributed by atoms with E-state index < -0.39 is 0 Å². The Balaban J connectivity index is 1.68. The summed E-state index contributed by atoms with van der Waals surface area (Å²) in [6.45, 7) is 2.54. The van der Waals surface area contributed by atoms with Crippen molar-refractivity contribution < 1.29 is 4.79 Å². The van der Waals surface area contributed by atoms with Gasteiger partial charge in [0.25, 0.3) is 5.91 Å². The van der Waals surface area contributed by atoms with Crippen LogP contribution in [-0.4, -0.2) is 31.5 Å². The Morgan fingerprint density at radius 2 is 2.32 bits per heavy atom. The van der Waals surface area contributed by atoms with Crippen LogP contribution in [0.1, 0.15) is 28.6 Å². The predicted molar refractivity (Wildman–Crippen MR) is 68.6 cm³/mol. The Labute approximate surface area is 110 Å². The molecule has 0 spiro atoms. The van der Waals surface area contributed by atoms with Gasteiger partial charge in [-0.2, -0.15) is 0 Å². The molecule has 6 nitrogen and oxygen atoms in total. The molecule has 0 fully saturated rings. The molecule has 1 atom stereocenters. The number of amides is 1. The van der Waals surface area contributed by atoms with E-state index in [0.717, 1.165) is 25.2 Å². The number of rotatable bonds is 2. The van der Waals surface area contributed by atoms with E-state index in [9.17, 15) is 4.79 Å². The van der Waals surface area contributed by atoms with E-state index in [-0.39, 0.29) is 11.9 Å². The zero-order valence-electron chi connectivity index (χ0n) is 10.7. The highest BCUT2D eigenvalue weighted by Gasteiger charge is 2.21. The van der Waals surface area contributed by atoms with Crippen LogP contribution in [-0.2, 0) is 13.0 Å². The monoisotopic (exact) mass is 257 g/mol. The van der Waals surface area contributed by atoms with Gasteiger partial charge >= 0.3 is 0 Å². The van der Waals surface area contributed by atoms with E-state index in [1.807, 2.05) is 6.20 Å². The van der Waals surface area contributed by atoms with Gasteiger partial charge in [0.15, 0.2) is 0 Å². The molecule has 3 rings (SSSR count). The second-order valence-corrected chi connectivity index (χ2v) is 4.69. The van der Waals surface area contributed by atoms with Crippen molar-refractivity contribution in [3.8, 4) is 0 Å².